The van der Waals surface area contributed by atoms with E-state index in [0.29, 0.717) is 16.6 Å². The first-order chi connectivity index (χ1) is 9.36. The zero-order valence-electron chi connectivity index (χ0n) is 10.8. The number of benzene rings is 1. The highest BCUT2D eigenvalue weighted by atomic mass is 79.9. The Morgan fingerprint density at radius 1 is 1.15 bits per heavy atom. The topological polar surface area (TPSA) is 29.3 Å². The molecule has 2 unspecified atom stereocenters. The maximum atomic E-state index is 12.7. The van der Waals surface area contributed by atoms with Crippen molar-refractivity contribution >= 4 is 21.6 Å². The van der Waals surface area contributed by atoms with Gasteiger partial charge in [-0.2, -0.15) is 13.2 Å². The first kappa shape index (κ1) is 14.2. The third kappa shape index (κ3) is 2.44. The largest absolute Gasteiger partial charge is 0.416 e. The molecule has 0 radical (unpaired) electrons. The fraction of sp³-hybridized carbons (Fsp3) is 0.571. The molecule has 1 aromatic carbocycles. The Bertz CT molecular complexity index is 504. The highest BCUT2D eigenvalue weighted by Gasteiger charge is 2.40. The monoisotopic (exact) mass is 348 g/mol. The van der Waals surface area contributed by atoms with Gasteiger partial charge in [-0.05, 0) is 59.8 Å². The smallest absolute Gasteiger partial charge is 0.365 e. The number of piperidine rings is 1. The second-order valence-electron chi connectivity index (χ2n) is 5.69. The van der Waals surface area contributed by atoms with Crippen LogP contribution in [0.3, 0.4) is 0 Å². The average molecular weight is 349 g/mol. The van der Waals surface area contributed by atoms with Crippen LogP contribution in [0.2, 0.25) is 0 Å². The van der Waals surface area contributed by atoms with Gasteiger partial charge in [0.05, 0.1) is 11.3 Å². The Hall–Kier alpha value is -0.750. The second kappa shape index (κ2) is 4.91. The summed E-state index contributed by atoms with van der Waals surface area (Å²) < 4.78 is 38.6. The normalized spacial score (nSPS) is 29.9. The van der Waals surface area contributed by atoms with E-state index in [9.17, 15) is 13.2 Å². The van der Waals surface area contributed by atoms with Crippen molar-refractivity contribution in [1.29, 1.82) is 0 Å². The third-order valence-corrected chi connectivity index (χ3v) is 4.96. The average Bonchev–Trinajstić information content (AvgIpc) is 2.61. The summed E-state index contributed by atoms with van der Waals surface area (Å²) in [4.78, 5) is 2.26. The molecule has 2 heterocycles. The lowest BCUT2D eigenvalue weighted by Gasteiger charge is -2.40. The molecule has 6 heteroatoms. The van der Waals surface area contributed by atoms with Crippen LogP contribution in [0, 0.1) is 0 Å². The molecule has 2 saturated heterocycles. The summed E-state index contributed by atoms with van der Waals surface area (Å²) in [6, 6.07) is 4.84. The number of hydrogen-bond donors (Lipinski definition) is 1. The van der Waals surface area contributed by atoms with Crippen LogP contribution < -0.4 is 10.6 Å². The Labute approximate surface area is 124 Å². The standard InChI is InChI=1S/C14H16BrF3N2/c15-12-5-8(14(16,17)18)1-4-13(12)20-10-2-3-11(20)7-9(19)6-10/h1,4-5,9-11H,2-3,6-7,19H2. The molecule has 20 heavy (non-hydrogen) atoms. The van der Waals surface area contributed by atoms with Gasteiger partial charge < -0.3 is 10.6 Å². The van der Waals surface area contributed by atoms with Gasteiger partial charge in [0.15, 0.2) is 0 Å². The van der Waals surface area contributed by atoms with Crippen LogP contribution >= 0.6 is 15.9 Å². The molecule has 110 valence electrons. The quantitative estimate of drug-likeness (QED) is 0.833. The fourth-order valence-electron chi connectivity index (χ4n) is 3.51. The zero-order chi connectivity index (χ0) is 14.5. The number of halogens is 4. The SMILES string of the molecule is NC1CC2CCC(C1)N2c1ccc(C(F)(F)F)cc1Br. The number of nitrogens with two attached hydrogens (primary N) is 1. The molecule has 0 aromatic heterocycles. The molecular formula is C14H16BrF3N2. The van der Waals surface area contributed by atoms with Crippen molar-refractivity contribution in [3.63, 3.8) is 0 Å². The highest BCUT2D eigenvalue weighted by Crippen LogP contribution is 2.43. The van der Waals surface area contributed by atoms with Gasteiger partial charge in [0, 0.05) is 22.6 Å². The Kier molecular flexibility index (Phi) is 3.49. The van der Waals surface area contributed by atoms with Crippen LogP contribution in [-0.4, -0.2) is 18.1 Å². The van der Waals surface area contributed by atoms with Gasteiger partial charge in [-0.3, -0.25) is 0 Å². The predicted molar refractivity (Wildman–Crippen MR) is 75.6 cm³/mol. The first-order valence-electron chi connectivity index (χ1n) is 6.77. The number of hydrogen-bond acceptors (Lipinski definition) is 2. The summed E-state index contributed by atoms with van der Waals surface area (Å²) in [5.41, 5.74) is 6.27. The van der Waals surface area contributed by atoms with Gasteiger partial charge in [-0.15, -0.1) is 0 Å². The number of alkyl halides is 3. The Morgan fingerprint density at radius 2 is 1.75 bits per heavy atom. The van der Waals surface area contributed by atoms with Gasteiger partial charge >= 0.3 is 6.18 Å². The predicted octanol–water partition coefficient (Wildman–Crippen LogP) is 3.93. The van der Waals surface area contributed by atoms with Gasteiger partial charge in [-0.1, -0.05) is 0 Å². The maximum absolute atomic E-state index is 12.7. The molecule has 3 rings (SSSR count). The zero-order valence-corrected chi connectivity index (χ0v) is 12.4. The van der Waals surface area contributed by atoms with E-state index in [1.807, 2.05) is 0 Å². The van der Waals surface area contributed by atoms with Crippen molar-refractivity contribution in [2.75, 3.05) is 4.90 Å². The van der Waals surface area contributed by atoms with E-state index >= 15 is 0 Å². The molecule has 1 aromatic rings. The summed E-state index contributed by atoms with van der Waals surface area (Å²) in [6.07, 6.45) is -0.310. The van der Waals surface area contributed by atoms with Crippen molar-refractivity contribution in [3.05, 3.63) is 28.2 Å². The van der Waals surface area contributed by atoms with Crippen LogP contribution in [0.25, 0.3) is 0 Å². The van der Waals surface area contributed by atoms with Gasteiger partial charge in [0.1, 0.15) is 0 Å². The first-order valence-corrected chi connectivity index (χ1v) is 7.56. The molecule has 2 bridgehead atoms. The van der Waals surface area contributed by atoms with Crippen LogP contribution in [-0.2, 0) is 6.18 Å². The summed E-state index contributed by atoms with van der Waals surface area (Å²) in [5.74, 6) is 0. The highest BCUT2D eigenvalue weighted by molar-refractivity contribution is 9.10. The minimum Gasteiger partial charge on any atom is -0.365 e. The molecule has 0 saturated carbocycles. The summed E-state index contributed by atoms with van der Waals surface area (Å²) in [6.45, 7) is 0. The van der Waals surface area contributed by atoms with E-state index in [-0.39, 0.29) is 6.04 Å². The summed E-state index contributed by atoms with van der Waals surface area (Å²) in [7, 11) is 0. The summed E-state index contributed by atoms with van der Waals surface area (Å²) >= 11 is 3.30. The van der Waals surface area contributed by atoms with E-state index in [1.54, 1.807) is 6.07 Å². The Balaban J connectivity index is 1.92. The van der Waals surface area contributed by atoms with Crippen molar-refractivity contribution in [2.24, 2.45) is 5.73 Å². The second-order valence-corrected chi connectivity index (χ2v) is 6.54. The number of nitrogens with zero attached hydrogens (tertiary/aromatic N) is 1. The lowest BCUT2D eigenvalue weighted by atomic mass is 9.97. The molecule has 2 aliphatic heterocycles. The van der Waals surface area contributed by atoms with E-state index in [2.05, 4.69) is 20.8 Å². The number of anilines is 1. The molecule has 0 amide bonds. The van der Waals surface area contributed by atoms with E-state index in [0.717, 1.165) is 37.4 Å². The minimum absolute atomic E-state index is 0.219. The third-order valence-electron chi connectivity index (χ3n) is 4.32. The molecule has 0 spiro atoms. The van der Waals surface area contributed by atoms with Crippen molar-refractivity contribution in [3.8, 4) is 0 Å². The number of rotatable bonds is 1. The molecule has 0 aliphatic carbocycles. The van der Waals surface area contributed by atoms with Crippen LogP contribution in [0.4, 0.5) is 18.9 Å². The van der Waals surface area contributed by atoms with E-state index < -0.39 is 11.7 Å². The summed E-state index contributed by atoms with van der Waals surface area (Å²) in [5, 5.41) is 0. The molecule has 2 aliphatic rings. The minimum atomic E-state index is -4.30. The van der Waals surface area contributed by atoms with Crippen LogP contribution in [0.1, 0.15) is 31.2 Å². The van der Waals surface area contributed by atoms with Gasteiger partial charge in [0.25, 0.3) is 0 Å². The van der Waals surface area contributed by atoms with Gasteiger partial charge in [0.2, 0.25) is 0 Å². The molecule has 2 fully saturated rings. The van der Waals surface area contributed by atoms with Crippen molar-refractivity contribution in [2.45, 2.75) is 50.0 Å². The molecule has 2 N–H and O–H groups in total. The number of fused-ring (bicyclic) bond motifs is 2. The van der Waals surface area contributed by atoms with Gasteiger partial charge in [-0.25, -0.2) is 0 Å². The fourth-order valence-corrected chi connectivity index (χ4v) is 4.09. The van der Waals surface area contributed by atoms with Crippen LogP contribution in [0.5, 0.6) is 0 Å². The van der Waals surface area contributed by atoms with E-state index in [1.165, 1.54) is 6.07 Å². The van der Waals surface area contributed by atoms with Crippen molar-refractivity contribution < 1.29 is 13.2 Å². The van der Waals surface area contributed by atoms with Crippen molar-refractivity contribution in [1.82, 2.24) is 0 Å². The maximum Gasteiger partial charge on any atom is 0.416 e. The molecule has 2 nitrogen and oxygen atoms in total. The van der Waals surface area contributed by atoms with E-state index in [4.69, 9.17) is 5.73 Å². The Morgan fingerprint density at radius 3 is 2.25 bits per heavy atom. The molecular weight excluding hydrogens is 333 g/mol. The molecule has 2 atom stereocenters. The lowest BCUT2D eigenvalue weighted by molar-refractivity contribution is -0.137. The lowest BCUT2D eigenvalue weighted by Crippen LogP contribution is -2.47. The van der Waals surface area contributed by atoms with Crippen LogP contribution in [0.15, 0.2) is 22.7 Å².